The van der Waals surface area contributed by atoms with Crippen LogP contribution >= 0.6 is 15.9 Å². The molecule has 146 valence electrons. The van der Waals surface area contributed by atoms with E-state index in [1.54, 1.807) is 0 Å². The highest BCUT2D eigenvalue weighted by Crippen LogP contribution is 2.16. The van der Waals surface area contributed by atoms with E-state index in [0.717, 1.165) is 21.3 Å². The van der Waals surface area contributed by atoms with Crippen molar-refractivity contribution in [2.24, 2.45) is 5.10 Å². The Kier molecular flexibility index (Phi) is 6.70. The zero-order chi connectivity index (χ0) is 20.6. The average molecular weight is 454 g/mol. The molecule has 0 aromatic heterocycles. The second kappa shape index (κ2) is 9.61. The molecule has 1 N–H and O–H groups in total. The summed E-state index contributed by atoms with van der Waals surface area (Å²) in [4.78, 5) is 22.1. The predicted molar refractivity (Wildman–Crippen MR) is 113 cm³/mol. The number of carbonyl (C=O) groups is 1. The minimum atomic E-state index is -0.522. The Morgan fingerprint density at radius 1 is 1.03 bits per heavy atom. The van der Waals surface area contributed by atoms with Crippen molar-refractivity contribution in [3.63, 3.8) is 0 Å². The van der Waals surface area contributed by atoms with Crippen LogP contribution in [0.3, 0.4) is 0 Å². The smallest absolute Gasteiger partial charge is 0.271 e. The predicted octanol–water partition coefficient (Wildman–Crippen LogP) is 4.70. The molecule has 7 nitrogen and oxygen atoms in total. The maximum absolute atomic E-state index is 12.0. The fraction of sp³-hybridized carbons (Fsp3) is 0.0476. The molecule has 3 rings (SSSR count). The van der Waals surface area contributed by atoms with Gasteiger partial charge in [0.05, 0.1) is 11.1 Å². The van der Waals surface area contributed by atoms with Crippen LogP contribution in [0.4, 0.5) is 5.69 Å². The van der Waals surface area contributed by atoms with Crippen LogP contribution in [-0.4, -0.2) is 17.0 Å². The van der Waals surface area contributed by atoms with Gasteiger partial charge in [-0.25, -0.2) is 5.43 Å². The van der Waals surface area contributed by atoms with E-state index in [9.17, 15) is 14.9 Å². The number of nitrogens with zero attached hydrogens (tertiary/aromatic N) is 2. The molecule has 0 unspecified atom stereocenters. The Hall–Kier alpha value is -3.52. The van der Waals surface area contributed by atoms with Crippen LogP contribution in [0.1, 0.15) is 21.5 Å². The molecule has 0 aliphatic carbocycles. The number of nitrogens with one attached hydrogen (secondary N) is 1. The van der Waals surface area contributed by atoms with Crippen LogP contribution in [-0.2, 0) is 6.61 Å². The molecule has 29 heavy (non-hydrogen) atoms. The van der Waals surface area contributed by atoms with E-state index in [1.165, 1.54) is 30.5 Å². The molecule has 0 bridgehead atoms. The van der Waals surface area contributed by atoms with E-state index < -0.39 is 10.8 Å². The van der Waals surface area contributed by atoms with Crippen LogP contribution in [0, 0.1) is 10.1 Å². The molecular formula is C21H16BrN3O4. The molecule has 0 fully saturated rings. The van der Waals surface area contributed by atoms with E-state index in [0.29, 0.717) is 6.61 Å². The highest BCUT2D eigenvalue weighted by atomic mass is 79.9. The monoisotopic (exact) mass is 453 g/mol. The Morgan fingerprint density at radius 2 is 1.69 bits per heavy atom. The molecule has 3 aromatic carbocycles. The Bertz CT molecular complexity index is 1020. The normalized spacial score (nSPS) is 10.7. The van der Waals surface area contributed by atoms with Gasteiger partial charge >= 0.3 is 0 Å². The highest BCUT2D eigenvalue weighted by molar-refractivity contribution is 9.10. The van der Waals surface area contributed by atoms with Crippen LogP contribution in [0.25, 0.3) is 0 Å². The lowest BCUT2D eigenvalue weighted by Crippen LogP contribution is -2.17. The summed E-state index contributed by atoms with van der Waals surface area (Å²) < 4.78 is 6.76. The Labute approximate surface area is 175 Å². The molecular weight excluding hydrogens is 438 g/mol. The number of hydrogen-bond acceptors (Lipinski definition) is 5. The fourth-order valence-electron chi connectivity index (χ4n) is 2.36. The first-order valence-electron chi connectivity index (χ1n) is 8.56. The number of nitro groups is 1. The summed E-state index contributed by atoms with van der Waals surface area (Å²) in [6, 6.07) is 20.5. The maximum atomic E-state index is 12.0. The molecule has 0 heterocycles. The second-order valence-electron chi connectivity index (χ2n) is 5.99. The summed E-state index contributed by atoms with van der Waals surface area (Å²) in [6.07, 6.45) is 1.50. The Balaban J connectivity index is 1.50. The largest absolute Gasteiger partial charge is 0.489 e. The van der Waals surface area contributed by atoms with Gasteiger partial charge in [-0.1, -0.05) is 28.1 Å². The van der Waals surface area contributed by atoms with Gasteiger partial charge in [-0.3, -0.25) is 14.9 Å². The molecule has 3 aromatic rings. The van der Waals surface area contributed by atoms with Crippen molar-refractivity contribution in [1.82, 2.24) is 5.43 Å². The van der Waals surface area contributed by atoms with Gasteiger partial charge in [-0.15, -0.1) is 0 Å². The average Bonchev–Trinajstić information content (AvgIpc) is 2.74. The summed E-state index contributed by atoms with van der Waals surface area (Å²) in [5.41, 5.74) is 4.44. The zero-order valence-electron chi connectivity index (χ0n) is 15.1. The van der Waals surface area contributed by atoms with Crippen molar-refractivity contribution in [2.45, 2.75) is 6.61 Å². The molecule has 0 radical (unpaired) electrons. The third-order valence-electron chi connectivity index (χ3n) is 3.92. The number of non-ortho nitro benzene ring substituents is 1. The van der Waals surface area contributed by atoms with Gasteiger partial charge in [0.1, 0.15) is 12.4 Å². The van der Waals surface area contributed by atoms with Gasteiger partial charge in [-0.2, -0.15) is 5.10 Å². The molecule has 0 saturated carbocycles. The third kappa shape index (κ3) is 5.98. The van der Waals surface area contributed by atoms with E-state index in [4.69, 9.17) is 4.74 Å². The first-order chi connectivity index (χ1) is 14.0. The first-order valence-corrected chi connectivity index (χ1v) is 9.36. The van der Waals surface area contributed by atoms with Gasteiger partial charge in [0.2, 0.25) is 0 Å². The third-order valence-corrected chi connectivity index (χ3v) is 4.45. The van der Waals surface area contributed by atoms with Crippen LogP contribution < -0.4 is 10.2 Å². The number of benzene rings is 3. The molecule has 0 atom stereocenters. The quantitative estimate of drug-likeness (QED) is 0.318. The SMILES string of the molecule is O=C(NN=Cc1ccc(OCc2ccc(Br)cc2)cc1)c1ccc([N+](=O)[O-])cc1. The number of hydrogen-bond donors (Lipinski definition) is 1. The van der Waals surface area contributed by atoms with Gasteiger partial charge < -0.3 is 4.74 Å². The summed E-state index contributed by atoms with van der Waals surface area (Å²) in [6.45, 7) is 0.464. The summed E-state index contributed by atoms with van der Waals surface area (Å²) in [5.74, 6) is 0.269. The van der Waals surface area contributed by atoms with Crippen molar-refractivity contribution in [2.75, 3.05) is 0 Å². The minimum Gasteiger partial charge on any atom is -0.489 e. The van der Waals surface area contributed by atoms with Crippen LogP contribution in [0.15, 0.2) is 82.4 Å². The summed E-state index contributed by atoms with van der Waals surface area (Å²) >= 11 is 3.40. The van der Waals surface area contributed by atoms with Crippen molar-refractivity contribution in [1.29, 1.82) is 0 Å². The number of amides is 1. The number of halogens is 1. The Morgan fingerprint density at radius 3 is 2.31 bits per heavy atom. The topological polar surface area (TPSA) is 93.8 Å². The fourth-order valence-corrected chi connectivity index (χ4v) is 2.63. The molecule has 1 amide bonds. The number of rotatable bonds is 7. The van der Waals surface area contributed by atoms with Crippen LogP contribution in [0.5, 0.6) is 5.75 Å². The molecule has 0 aliphatic heterocycles. The van der Waals surface area contributed by atoms with Gasteiger partial charge in [0.15, 0.2) is 0 Å². The van der Waals surface area contributed by atoms with Crippen molar-refractivity contribution in [3.8, 4) is 5.75 Å². The second-order valence-corrected chi connectivity index (χ2v) is 6.90. The molecule has 0 aliphatic rings. The lowest BCUT2D eigenvalue weighted by molar-refractivity contribution is -0.384. The number of carbonyl (C=O) groups excluding carboxylic acids is 1. The lowest BCUT2D eigenvalue weighted by Gasteiger charge is -2.06. The van der Waals surface area contributed by atoms with Crippen LogP contribution in [0.2, 0.25) is 0 Å². The standard InChI is InChI=1S/C21H16BrN3O4/c22-18-7-1-16(2-8-18)14-29-20-11-3-15(4-12-20)13-23-24-21(26)17-5-9-19(10-6-17)25(27)28/h1-13H,14H2,(H,24,26). The number of nitro benzene ring substituents is 1. The van der Waals surface area contributed by atoms with Gasteiger partial charge in [-0.05, 0) is 59.7 Å². The van der Waals surface area contributed by atoms with Crippen molar-refractivity contribution in [3.05, 3.63) is 104 Å². The van der Waals surface area contributed by atoms with E-state index >= 15 is 0 Å². The van der Waals surface area contributed by atoms with E-state index in [2.05, 4.69) is 26.5 Å². The van der Waals surface area contributed by atoms with Gasteiger partial charge in [0, 0.05) is 22.2 Å². The molecule has 8 heteroatoms. The summed E-state index contributed by atoms with van der Waals surface area (Å²) in [5, 5.41) is 14.5. The van der Waals surface area contributed by atoms with Crippen molar-refractivity contribution < 1.29 is 14.5 Å². The van der Waals surface area contributed by atoms with Gasteiger partial charge in [0.25, 0.3) is 11.6 Å². The first kappa shape index (κ1) is 20.2. The summed E-state index contributed by atoms with van der Waals surface area (Å²) in [7, 11) is 0. The molecule has 0 saturated heterocycles. The van der Waals surface area contributed by atoms with E-state index in [-0.39, 0.29) is 11.3 Å². The number of ether oxygens (including phenoxy) is 1. The van der Waals surface area contributed by atoms with Crippen molar-refractivity contribution >= 4 is 33.7 Å². The molecule has 0 spiro atoms. The lowest BCUT2D eigenvalue weighted by atomic mass is 10.2. The number of hydrazone groups is 1. The maximum Gasteiger partial charge on any atom is 0.271 e. The van der Waals surface area contributed by atoms with E-state index in [1.807, 2.05) is 48.5 Å². The minimum absolute atomic E-state index is 0.0764. The highest BCUT2D eigenvalue weighted by Gasteiger charge is 2.08. The zero-order valence-corrected chi connectivity index (χ0v) is 16.7.